The second-order valence-corrected chi connectivity index (χ2v) is 7.00. The molecule has 0 aliphatic carbocycles. The number of amides is 2. The maximum Gasteiger partial charge on any atom is 0.293 e. The highest BCUT2D eigenvalue weighted by atomic mass is 16.5. The van der Waals surface area contributed by atoms with Crippen LogP contribution in [0.3, 0.4) is 0 Å². The minimum Gasteiger partial charge on any atom is -0.488 e. The molecule has 1 saturated heterocycles. The second kappa shape index (κ2) is 6.90. The van der Waals surface area contributed by atoms with Crippen molar-refractivity contribution in [2.75, 3.05) is 31.1 Å². The Balaban J connectivity index is 1.50. The summed E-state index contributed by atoms with van der Waals surface area (Å²) < 4.78 is 5.57. The molecule has 0 aromatic heterocycles. The zero-order chi connectivity index (χ0) is 17.2. The van der Waals surface area contributed by atoms with Crippen molar-refractivity contribution in [3.63, 3.8) is 0 Å². The van der Waals surface area contributed by atoms with E-state index in [0.29, 0.717) is 25.3 Å². The molecule has 0 bridgehead atoms. The molecule has 0 radical (unpaired) electrons. The van der Waals surface area contributed by atoms with Gasteiger partial charge in [0.25, 0.3) is 5.91 Å². The molecule has 3 heterocycles. The zero-order valence-electron chi connectivity index (χ0n) is 14.4. The molecular formula is C20H24N2O3. The molecule has 25 heavy (non-hydrogen) atoms. The van der Waals surface area contributed by atoms with Gasteiger partial charge >= 0.3 is 0 Å². The first-order valence-corrected chi connectivity index (χ1v) is 9.25. The van der Waals surface area contributed by atoms with Crippen molar-refractivity contribution in [3.8, 4) is 0 Å². The normalized spacial score (nSPS) is 22.6. The van der Waals surface area contributed by atoms with Crippen LogP contribution in [0, 0.1) is 0 Å². The summed E-state index contributed by atoms with van der Waals surface area (Å²) in [5.74, 6) is 0.987. The van der Waals surface area contributed by atoms with Crippen molar-refractivity contribution in [1.82, 2.24) is 4.90 Å². The van der Waals surface area contributed by atoms with Crippen LogP contribution >= 0.6 is 0 Å². The molecule has 1 aromatic rings. The van der Waals surface area contributed by atoms with E-state index in [0.717, 1.165) is 44.5 Å². The fourth-order valence-corrected chi connectivity index (χ4v) is 4.03. The molecule has 1 fully saturated rings. The van der Waals surface area contributed by atoms with Crippen molar-refractivity contribution in [2.24, 2.45) is 0 Å². The second-order valence-electron chi connectivity index (χ2n) is 7.00. The summed E-state index contributed by atoms with van der Waals surface area (Å²) in [6, 6.07) is 8.12. The summed E-state index contributed by atoms with van der Waals surface area (Å²) in [6.45, 7) is 2.93. The lowest BCUT2D eigenvalue weighted by molar-refractivity contribution is -0.127. The minimum absolute atomic E-state index is 0.0353. The number of nitrogens with zero attached hydrogens (tertiary/aromatic N) is 2. The van der Waals surface area contributed by atoms with Gasteiger partial charge in [0.1, 0.15) is 0 Å². The van der Waals surface area contributed by atoms with Gasteiger partial charge in [-0.25, -0.2) is 0 Å². The molecule has 5 heteroatoms. The van der Waals surface area contributed by atoms with E-state index in [1.54, 1.807) is 0 Å². The fourth-order valence-electron chi connectivity index (χ4n) is 4.03. The van der Waals surface area contributed by atoms with Crippen LogP contribution in [-0.4, -0.2) is 43.0 Å². The van der Waals surface area contributed by atoms with Crippen LogP contribution in [0.15, 0.2) is 36.1 Å². The number of carbonyl (C=O) groups is 2. The van der Waals surface area contributed by atoms with E-state index in [-0.39, 0.29) is 17.7 Å². The summed E-state index contributed by atoms with van der Waals surface area (Å²) in [5.41, 5.74) is 2.19. The lowest BCUT2D eigenvalue weighted by Gasteiger charge is -2.22. The maximum atomic E-state index is 12.9. The Bertz CT molecular complexity index is 713. The monoisotopic (exact) mass is 340 g/mol. The molecule has 3 aliphatic rings. The van der Waals surface area contributed by atoms with E-state index in [2.05, 4.69) is 6.07 Å². The van der Waals surface area contributed by atoms with Gasteiger partial charge in [-0.1, -0.05) is 18.2 Å². The van der Waals surface area contributed by atoms with Gasteiger partial charge in [-0.2, -0.15) is 0 Å². The largest absolute Gasteiger partial charge is 0.488 e. The van der Waals surface area contributed by atoms with Gasteiger partial charge in [0, 0.05) is 37.7 Å². The third-order valence-corrected chi connectivity index (χ3v) is 5.38. The molecular weight excluding hydrogens is 316 g/mol. The van der Waals surface area contributed by atoms with E-state index >= 15 is 0 Å². The number of benzene rings is 1. The highest BCUT2D eigenvalue weighted by Gasteiger charge is 2.34. The number of rotatable bonds is 4. The van der Waals surface area contributed by atoms with E-state index in [1.807, 2.05) is 34.1 Å². The predicted molar refractivity (Wildman–Crippen MR) is 95.2 cm³/mol. The molecule has 1 unspecified atom stereocenters. The number of ether oxygens (including phenoxy) is 1. The fraction of sp³-hybridized carbons (Fsp3) is 0.500. The Morgan fingerprint density at radius 1 is 1.24 bits per heavy atom. The van der Waals surface area contributed by atoms with E-state index in [4.69, 9.17) is 4.74 Å². The lowest BCUT2D eigenvalue weighted by Crippen LogP contribution is -2.33. The van der Waals surface area contributed by atoms with Crippen LogP contribution in [0.25, 0.3) is 0 Å². The number of hydrogen-bond acceptors (Lipinski definition) is 3. The van der Waals surface area contributed by atoms with Crippen LogP contribution < -0.4 is 4.90 Å². The highest BCUT2D eigenvalue weighted by molar-refractivity contribution is 6.05. The van der Waals surface area contributed by atoms with Crippen LogP contribution in [0.5, 0.6) is 0 Å². The molecule has 1 aromatic carbocycles. The number of carbonyl (C=O) groups excluding carboxylic acids is 2. The summed E-state index contributed by atoms with van der Waals surface area (Å²) in [5, 5.41) is 0. The summed E-state index contributed by atoms with van der Waals surface area (Å²) >= 11 is 0. The molecule has 1 atom stereocenters. The van der Waals surface area contributed by atoms with Gasteiger partial charge in [-0.3, -0.25) is 9.59 Å². The molecule has 0 N–H and O–H groups in total. The van der Waals surface area contributed by atoms with Gasteiger partial charge < -0.3 is 14.5 Å². The van der Waals surface area contributed by atoms with Gasteiger partial charge in [0.2, 0.25) is 5.91 Å². The third-order valence-electron chi connectivity index (χ3n) is 5.38. The van der Waals surface area contributed by atoms with Crippen molar-refractivity contribution >= 4 is 17.5 Å². The van der Waals surface area contributed by atoms with Gasteiger partial charge in [-0.15, -0.1) is 0 Å². The first kappa shape index (κ1) is 16.2. The molecule has 2 amide bonds. The van der Waals surface area contributed by atoms with Gasteiger partial charge in [0.15, 0.2) is 5.76 Å². The van der Waals surface area contributed by atoms with Crippen LogP contribution in [0.2, 0.25) is 0 Å². The van der Waals surface area contributed by atoms with Crippen LogP contribution in [-0.2, 0) is 14.3 Å². The van der Waals surface area contributed by atoms with E-state index < -0.39 is 0 Å². The third kappa shape index (κ3) is 3.15. The Hall–Kier alpha value is -2.30. The maximum absolute atomic E-state index is 12.9. The van der Waals surface area contributed by atoms with Gasteiger partial charge in [0.05, 0.1) is 6.61 Å². The number of para-hydroxylation sites is 1. The molecule has 0 saturated carbocycles. The molecule has 5 nitrogen and oxygen atoms in total. The smallest absolute Gasteiger partial charge is 0.293 e. The number of allylic oxidation sites excluding steroid dienone is 1. The first-order valence-electron chi connectivity index (χ1n) is 9.25. The quantitative estimate of drug-likeness (QED) is 0.847. The molecule has 3 aliphatic heterocycles. The first-order chi connectivity index (χ1) is 12.2. The Labute approximate surface area is 148 Å². The number of hydrogen-bond donors (Lipinski definition) is 0. The van der Waals surface area contributed by atoms with Crippen molar-refractivity contribution in [1.29, 1.82) is 0 Å². The summed E-state index contributed by atoms with van der Waals surface area (Å²) in [4.78, 5) is 28.5. The van der Waals surface area contributed by atoms with Crippen molar-refractivity contribution in [2.45, 2.75) is 38.0 Å². The zero-order valence-corrected chi connectivity index (χ0v) is 14.4. The van der Waals surface area contributed by atoms with E-state index in [9.17, 15) is 9.59 Å². The lowest BCUT2D eigenvalue weighted by atomic mass is 9.98. The van der Waals surface area contributed by atoms with Crippen molar-refractivity contribution < 1.29 is 14.3 Å². The number of fused-ring (bicyclic) bond motifs is 1. The van der Waals surface area contributed by atoms with Crippen LogP contribution in [0.1, 0.15) is 43.6 Å². The number of anilines is 1. The van der Waals surface area contributed by atoms with E-state index in [1.165, 1.54) is 5.56 Å². The molecule has 132 valence electrons. The summed E-state index contributed by atoms with van der Waals surface area (Å²) in [7, 11) is 0. The molecule has 0 spiro atoms. The topological polar surface area (TPSA) is 49.9 Å². The average Bonchev–Trinajstić information content (AvgIpc) is 3.23. The van der Waals surface area contributed by atoms with Crippen molar-refractivity contribution in [3.05, 3.63) is 41.7 Å². The Kier molecular flexibility index (Phi) is 4.47. The molecule has 4 rings (SSSR count). The Morgan fingerprint density at radius 3 is 2.88 bits per heavy atom. The summed E-state index contributed by atoms with van der Waals surface area (Å²) in [6.07, 6.45) is 6.32. The van der Waals surface area contributed by atoms with Gasteiger partial charge in [-0.05, 0) is 43.4 Å². The highest BCUT2D eigenvalue weighted by Crippen LogP contribution is 2.39. The Morgan fingerprint density at radius 2 is 2.12 bits per heavy atom. The SMILES string of the molecule is O=C1CCCN1CCC1CN(C(=O)C2=CCCCO2)c2ccccc21. The van der Waals surface area contributed by atoms with Crippen LogP contribution in [0.4, 0.5) is 5.69 Å². The number of likely N-dealkylation sites (tertiary alicyclic amines) is 1. The average molecular weight is 340 g/mol. The predicted octanol–water partition coefficient (Wildman–Crippen LogP) is 2.82. The standard InChI is InChI=1S/C20H24N2O3/c23-19-9-5-11-21(19)12-10-15-14-22(17-7-2-1-6-16(15)17)20(24)18-8-3-4-13-25-18/h1-2,6-8,15H,3-5,9-14H2. The minimum atomic E-state index is -0.0353.